The van der Waals surface area contributed by atoms with Gasteiger partial charge >= 0.3 is 0 Å². The van der Waals surface area contributed by atoms with E-state index in [2.05, 4.69) is 10.3 Å². The molecule has 1 aromatic carbocycles. The zero-order chi connectivity index (χ0) is 30.3. The predicted molar refractivity (Wildman–Crippen MR) is 160 cm³/mol. The van der Waals surface area contributed by atoms with Crippen LogP contribution in [0.5, 0.6) is 5.88 Å². The average molecular weight is 586 g/mol. The third kappa shape index (κ3) is 8.06. The number of Topliss-reactive ketones (excluding diaryl/α,β-unsaturated/α-hetero) is 1. The molecule has 1 amide bonds. The van der Waals surface area contributed by atoms with Crippen molar-refractivity contribution in [1.29, 1.82) is 0 Å². The molecule has 0 saturated heterocycles. The number of hydrogen-bond acceptors (Lipinski definition) is 7. The minimum Gasteiger partial charge on any atom is -0.477 e. The fourth-order valence-electron chi connectivity index (χ4n) is 4.74. The molecule has 2 heterocycles. The molecule has 0 radical (unpaired) electrons. The summed E-state index contributed by atoms with van der Waals surface area (Å²) in [6, 6.07) is 10.8. The summed E-state index contributed by atoms with van der Waals surface area (Å²) >= 11 is 6.07. The average Bonchev–Trinajstić information content (AvgIpc) is 3.15. The summed E-state index contributed by atoms with van der Waals surface area (Å²) in [7, 11) is 7.18. The molecule has 0 aliphatic carbocycles. The first-order chi connectivity index (χ1) is 19.4. The molecule has 1 N–H and O–H groups in total. The highest BCUT2D eigenvalue weighted by Gasteiger charge is 2.30. The molecule has 0 spiro atoms. The quantitative estimate of drug-likeness (QED) is 0.268. The number of hydrogen-bond donors (Lipinski definition) is 1. The Bertz CT molecular complexity index is 1410. The molecule has 11 heteroatoms. The Morgan fingerprint density at radius 1 is 1.20 bits per heavy atom. The van der Waals surface area contributed by atoms with E-state index in [9.17, 15) is 14.4 Å². The summed E-state index contributed by atoms with van der Waals surface area (Å²) in [6.45, 7) is 6.51. The Balaban J connectivity index is 1.83. The number of carbonyl (C=O) groups excluding carboxylic acids is 2. The normalized spacial score (nSPS) is 12.4. The van der Waals surface area contributed by atoms with Crippen molar-refractivity contribution >= 4 is 29.0 Å². The van der Waals surface area contributed by atoms with Crippen molar-refractivity contribution in [3.05, 3.63) is 69.2 Å². The van der Waals surface area contributed by atoms with Gasteiger partial charge in [0.15, 0.2) is 5.78 Å². The van der Waals surface area contributed by atoms with E-state index in [-0.39, 0.29) is 41.7 Å². The van der Waals surface area contributed by atoms with E-state index in [1.54, 1.807) is 24.9 Å². The first-order valence-electron chi connectivity index (χ1n) is 13.5. The van der Waals surface area contributed by atoms with Crippen molar-refractivity contribution in [1.82, 2.24) is 19.2 Å². The van der Waals surface area contributed by atoms with Gasteiger partial charge in [-0.3, -0.25) is 19.1 Å². The van der Waals surface area contributed by atoms with E-state index in [4.69, 9.17) is 21.1 Å². The molecule has 2 aromatic heterocycles. The number of pyridine rings is 1. The molecular weight excluding hydrogens is 546 g/mol. The number of anilines is 1. The van der Waals surface area contributed by atoms with Crippen molar-refractivity contribution in [2.24, 2.45) is 12.5 Å². The Kier molecular flexibility index (Phi) is 10.9. The van der Waals surface area contributed by atoms with Crippen LogP contribution in [0.3, 0.4) is 0 Å². The molecule has 0 aliphatic heterocycles. The number of nitrogens with one attached hydrogen (secondary N) is 1. The molecule has 0 fully saturated rings. The molecule has 222 valence electrons. The van der Waals surface area contributed by atoms with Gasteiger partial charge in [0.2, 0.25) is 11.8 Å². The smallest absolute Gasteiger partial charge is 0.295 e. The highest BCUT2D eigenvalue weighted by atomic mass is 35.5. The van der Waals surface area contributed by atoms with E-state index in [0.29, 0.717) is 41.5 Å². The van der Waals surface area contributed by atoms with Crippen molar-refractivity contribution in [3.63, 3.8) is 0 Å². The summed E-state index contributed by atoms with van der Waals surface area (Å²) in [6.07, 6.45) is 1.66. The Hall–Kier alpha value is -3.47. The first kappa shape index (κ1) is 32.0. The van der Waals surface area contributed by atoms with Crippen LogP contribution >= 0.6 is 11.6 Å². The lowest BCUT2D eigenvalue weighted by Crippen LogP contribution is -2.27. The van der Waals surface area contributed by atoms with Gasteiger partial charge in [0.25, 0.3) is 5.56 Å². The van der Waals surface area contributed by atoms with Gasteiger partial charge in [0, 0.05) is 39.7 Å². The highest BCUT2D eigenvalue weighted by molar-refractivity contribution is 6.30. The molecular formula is C30H40ClN5O5. The zero-order valence-corrected chi connectivity index (χ0v) is 25.6. The van der Waals surface area contributed by atoms with Crippen LogP contribution in [0.1, 0.15) is 62.2 Å². The summed E-state index contributed by atoms with van der Waals surface area (Å²) in [5.41, 5.74) is 0.827. The maximum absolute atomic E-state index is 13.7. The second-order valence-corrected chi connectivity index (χ2v) is 11.4. The van der Waals surface area contributed by atoms with Gasteiger partial charge in [0.05, 0.1) is 28.6 Å². The van der Waals surface area contributed by atoms with Crippen LogP contribution < -0.4 is 15.6 Å². The number of benzene rings is 1. The van der Waals surface area contributed by atoms with Crippen molar-refractivity contribution in [3.8, 4) is 11.6 Å². The lowest BCUT2D eigenvalue weighted by atomic mass is 9.83. The number of amides is 1. The Morgan fingerprint density at radius 2 is 1.88 bits per heavy atom. The fourth-order valence-corrected chi connectivity index (χ4v) is 4.90. The zero-order valence-electron chi connectivity index (χ0n) is 24.9. The maximum atomic E-state index is 13.7. The van der Waals surface area contributed by atoms with Crippen LogP contribution in [0.15, 0.2) is 47.4 Å². The SMILES string of the molecule is CCOc1ncc(Cl)cc1C(=O)CCC(C)(C)CC(=O)Nc1c(C(CN(C)C)OC)n(C)n(-c2ccccc2)c1=O. The molecule has 41 heavy (non-hydrogen) atoms. The number of aromatic nitrogens is 3. The monoisotopic (exact) mass is 585 g/mol. The first-order valence-corrected chi connectivity index (χ1v) is 13.9. The van der Waals surface area contributed by atoms with E-state index in [1.807, 2.05) is 70.1 Å². The van der Waals surface area contributed by atoms with Crippen molar-refractivity contribution in [2.45, 2.75) is 46.1 Å². The predicted octanol–water partition coefficient (Wildman–Crippen LogP) is 4.89. The highest BCUT2D eigenvalue weighted by Crippen LogP contribution is 2.31. The Labute approximate surface area is 246 Å². The van der Waals surface area contributed by atoms with Gasteiger partial charge in [-0.05, 0) is 51.1 Å². The van der Waals surface area contributed by atoms with Crippen molar-refractivity contribution < 1.29 is 19.1 Å². The number of rotatable bonds is 14. The number of likely N-dealkylation sites (N-methyl/N-ethyl adjacent to an activating group) is 1. The van der Waals surface area contributed by atoms with Crippen LogP contribution in [0.2, 0.25) is 5.02 Å². The number of carbonyl (C=O) groups is 2. The Morgan fingerprint density at radius 3 is 2.49 bits per heavy atom. The van der Waals surface area contributed by atoms with Gasteiger partial charge in [0.1, 0.15) is 11.8 Å². The molecule has 1 atom stereocenters. The molecule has 0 saturated carbocycles. The largest absolute Gasteiger partial charge is 0.477 e. The summed E-state index contributed by atoms with van der Waals surface area (Å²) < 4.78 is 14.5. The summed E-state index contributed by atoms with van der Waals surface area (Å²) in [4.78, 5) is 46.2. The third-order valence-electron chi connectivity index (χ3n) is 6.76. The van der Waals surface area contributed by atoms with Crippen LogP contribution in [-0.4, -0.2) is 65.3 Å². The van der Waals surface area contributed by atoms with E-state index < -0.39 is 11.5 Å². The van der Waals surface area contributed by atoms with E-state index in [1.165, 1.54) is 10.9 Å². The second-order valence-electron chi connectivity index (χ2n) is 11.0. The fraction of sp³-hybridized carbons (Fsp3) is 0.467. The topological polar surface area (TPSA) is 108 Å². The minimum absolute atomic E-state index is 0.0941. The molecule has 1 unspecified atom stereocenters. The van der Waals surface area contributed by atoms with Crippen LogP contribution in [-0.2, 0) is 16.6 Å². The maximum Gasteiger partial charge on any atom is 0.295 e. The van der Waals surface area contributed by atoms with Gasteiger partial charge in [-0.1, -0.05) is 43.6 Å². The minimum atomic E-state index is -0.546. The second kappa shape index (κ2) is 13.9. The lowest BCUT2D eigenvalue weighted by Gasteiger charge is -2.24. The number of ketones is 1. The van der Waals surface area contributed by atoms with Gasteiger partial charge < -0.3 is 19.7 Å². The number of para-hydroxylation sites is 1. The number of ether oxygens (including phenoxy) is 2. The third-order valence-corrected chi connectivity index (χ3v) is 6.97. The number of halogens is 1. The molecule has 0 aliphatic rings. The standard InChI is InChI=1S/C30H40ClN5O5/c1-8-41-28-22(16-20(31)18-32-28)23(37)14-15-30(2,3)17-25(38)33-26-27(24(40-7)19-34(4)5)35(6)36(29(26)39)21-12-10-9-11-13-21/h9-13,16,18,24H,8,14-15,17,19H2,1-7H3,(H,33,38). The van der Waals surface area contributed by atoms with E-state index >= 15 is 0 Å². The van der Waals surface area contributed by atoms with E-state index in [0.717, 1.165) is 0 Å². The van der Waals surface area contributed by atoms with Gasteiger partial charge in [-0.2, -0.15) is 0 Å². The summed E-state index contributed by atoms with van der Waals surface area (Å²) in [5, 5.41) is 3.23. The van der Waals surface area contributed by atoms with Crippen LogP contribution in [0, 0.1) is 5.41 Å². The lowest BCUT2D eigenvalue weighted by molar-refractivity contribution is -0.118. The molecule has 3 aromatic rings. The molecule has 0 bridgehead atoms. The number of nitrogens with zero attached hydrogens (tertiary/aromatic N) is 4. The summed E-state index contributed by atoms with van der Waals surface area (Å²) in [5.74, 6) is -0.250. The molecule has 3 rings (SSSR count). The van der Waals surface area contributed by atoms with Crippen molar-refractivity contribution in [2.75, 3.05) is 39.7 Å². The van der Waals surface area contributed by atoms with Gasteiger partial charge in [-0.15, -0.1) is 0 Å². The van der Waals surface area contributed by atoms with Crippen LogP contribution in [0.25, 0.3) is 5.69 Å². The van der Waals surface area contributed by atoms with Crippen LogP contribution in [0.4, 0.5) is 5.69 Å². The number of methoxy groups -OCH3 is 1. The van der Waals surface area contributed by atoms with Gasteiger partial charge in [-0.25, -0.2) is 9.67 Å². The molecule has 10 nitrogen and oxygen atoms in total.